The van der Waals surface area contributed by atoms with Crippen LogP contribution in [0.25, 0.3) is 0 Å². The number of piperazine rings is 1. The van der Waals surface area contributed by atoms with Crippen molar-refractivity contribution in [2.24, 2.45) is 5.92 Å². The molecular weight excluding hydrogens is 306 g/mol. The van der Waals surface area contributed by atoms with E-state index in [1.165, 1.54) is 11.2 Å². The van der Waals surface area contributed by atoms with Crippen LogP contribution in [-0.2, 0) is 19.6 Å². The van der Waals surface area contributed by atoms with Crippen molar-refractivity contribution < 1.29 is 18.0 Å². The van der Waals surface area contributed by atoms with Gasteiger partial charge in [-0.25, -0.2) is 8.42 Å². The summed E-state index contributed by atoms with van der Waals surface area (Å²) in [5.74, 6) is -0.0392. The van der Waals surface area contributed by atoms with Crippen molar-refractivity contribution in [1.82, 2.24) is 14.5 Å². The largest absolute Gasteiger partial charge is 0.352 e. The lowest BCUT2D eigenvalue weighted by Crippen LogP contribution is -2.61. The molecule has 2 saturated heterocycles. The fraction of sp³-hybridized carbons (Fsp3) is 0.857. The van der Waals surface area contributed by atoms with E-state index in [4.69, 9.17) is 0 Å². The summed E-state index contributed by atoms with van der Waals surface area (Å²) < 4.78 is 25.5. The monoisotopic (exact) mass is 331 g/mol. The van der Waals surface area contributed by atoms with Gasteiger partial charge in [0.1, 0.15) is 6.04 Å². The van der Waals surface area contributed by atoms with E-state index in [1.807, 2.05) is 13.8 Å². The van der Waals surface area contributed by atoms with Crippen LogP contribution in [0.4, 0.5) is 0 Å². The molecule has 7 nitrogen and oxygen atoms in total. The summed E-state index contributed by atoms with van der Waals surface area (Å²) in [5, 5.41) is 2.83. The van der Waals surface area contributed by atoms with E-state index in [1.54, 1.807) is 4.90 Å². The van der Waals surface area contributed by atoms with Crippen LogP contribution in [0.3, 0.4) is 0 Å². The van der Waals surface area contributed by atoms with Gasteiger partial charge in [-0.15, -0.1) is 0 Å². The Hall–Kier alpha value is -1.15. The highest BCUT2D eigenvalue weighted by Crippen LogP contribution is 2.30. The van der Waals surface area contributed by atoms with Gasteiger partial charge in [0.25, 0.3) is 0 Å². The van der Waals surface area contributed by atoms with E-state index >= 15 is 0 Å². The van der Waals surface area contributed by atoms with Crippen LogP contribution in [-0.4, -0.2) is 66.9 Å². The Labute approximate surface area is 132 Å². The first-order chi connectivity index (χ1) is 10.1. The topological polar surface area (TPSA) is 86.8 Å². The molecule has 0 saturated carbocycles. The van der Waals surface area contributed by atoms with Crippen molar-refractivity contribution in [2.45, 2.75) is 51.7 Å². The number of nitrogens with zero attached hydrogens (tertiary/aromatic N) is 2. The van der Waals surface area contributed by atoms with Gasteiger partial charge in [-0.2, -0.15) is 4.31 Å². The van der Waals surface area contributed by atoms with Gasteiger partial charge in [0.15, 0.2) is 0 Å². The van der Waals surface area contributed by atoms with Gasteiger partial charge in [0.05, 0.1) is 6.26 Å². The van der Waals surface area contributed by atoms with E-state index in [2.05, 4.69) is 5.32 Å². The van der Waals surface area contributed by atoms with Crippen molar-refractivity contribution in [1.29, 1.82) is 0 Å². The highest BCUT2D eigenvalue weighted by atomic mass is 32.2. The van der Waals surface area contributed by atoms with Gasteiger partial charge < -0.3 is 10.2 Å². The molecule has 2 fully saturated rings. The molecule has 126 valence electrons. The SMILES string of the molecule is CC(=O)NC1CC2CN(S(C)(=O)=O)C(CC(C)C)C(=O)N2C1. The Morgan fingerprint density at radius 1 is 1.36 bits per heavy atom. The number of sulfonamides is 1. The zero-order valence-electron chi connectivity index (χ0n) is 13.6. The molecule has 0 radical (unpaired) electrons. The van der Waals surface area contributed by atoms with E-state index in [-0.39, 0.29) is 29.8 Å². The van der Waals surface area contributed by atoms with Crippen LogP contribution in [0.2, 0.25) is 0 Å². The molecule has 2 heterocycles. The maximum absolute atomic E-state index is 12.7. The Bertz CT molecular complexity index is 560. The third-order valence-electron chi connectivity index (χ3n) is 4.25. The Balaban J connectivity index is 2.22. The standard InChI is InChI=1S/C14H25N3O4S/c1-9(2)5-13-14(19)16-7-11(15-10(3)18)6-12(16)8-17(13)22(4,20)21/h9,11-13H,5-8H2,1-4H3,(H,15,18). The molecular formula is C14H25N3O4S. The van der Waals surface area contributed by atoms with Crippen molar-refractivity contribution in [3.63, 3.8) is 0 Å². The van der Waals surface area contributed by atoms with Crippen LogP contribution in [0.1, 0.15) is 33.6 Å². The average Bonchev–Trinajstić information content (AvgIpc) is 2.72. The smallest absolute Gasteiger partial charge is 0.241 e. The number of fused-ring (bicyclic) bond motifs is 1. The zero-order valence-corrected chi connectivity index (χ0v) is 14.4. The highest BCUT2D eigenvalue weighted by molar-refractivity contribution is 7.88. The minimum Gasteiger partial charge on any atom is -0.352 e. The number of hydrogen-bond donors (Lipinski definition) is 1. The lowest BCUT2D eigenvalue weighted by atomic mass is 9.99. The van der Waals surface area contributed by atoms with E-state index in [9.17, 15) is 18.0 Å². The van der Waals surface area contributed by atoms with Gasteiger partial charge in [-0.1, -0.05) is 13.8 Å². The summed E-state index contributed by atoms with van der Waals surface area (Å²) >= 11 is 0. The van der Waals surface area contributed by atoms with Gasteiger partial charge in [-0.05, 0) is 18.8 Å². The summed E-state index contributed by atoms with van der Waals surface area (Å²) in [4.78, 5) is 25.7. The van der Waals surface area contributed by atoms with Crippen LogP contribution in [0, 0.1) is 5.92 Å². The fourth-order valence-corrected chi connectivity index (χ4v) is 4.51. The second kappa shape index (κ2) is 6.16. The summed E-state index contributed by atoms with van der Waals surface area (Å²) in [5.41, 5.74) is 0. The summed E-state index contributed by atoms with van der Waals surface area (Å²) in [6.45, 7) is 6.19. The second-order valence-corrected chi connectivity index (χ2v) is 8.69. The molecule has 8 heteroatoms. The summed E-state index contributed by atoms with van der Waals surface area (Å²) in [7, 11) is -3.43. The van der Waals surface area contributed by atoms with Crippen molar-refractivity contribution in [3.8, 4) is 0 Å². The molecule has 0 aliphatic carbocycles. The molecule has 0 aromatic rings. The number of amides is 2. The normalized spacial score (nSPS) is 29.8. The predicted molar refractivity (Wildman–Crippen MR) is 82.5 cm³/mol. The first kappa shape index (κ1) is 17.2. The number of rotatable bonds is 4. The minimum absolute atomic E-state index is 0.0920. The number of carbonyl (C=O) groups is 2. The predicted octanol–water partition coefficient (Wildman–Crippen LogP) is -0.218. The van der Waals surface area contributed by atoms with Gasteiger partial charge in [0, 0.05) is 32.1 Å². The van der Waals surface area contributed by atoms with Crippen LogP contribution >= 0.6 is 0 Å². The zero-order chi connectivity index (χ0) is 16.7. The average molecular weight is 331 g/mol. The lowest BCUT2D eigenvalue weighted by molar-refractivity contribution is -0.141. The third kappa shape index (κ3) is 3.60. The van der Waals surface area contributed by atoms with Gasteiger partial charge in [0.2, 0.25) is 21.8 Å². The fourth-order valence-electron chi connectivity index (χ4n) is 3.43. The van der Waals surface area contributed by atoms with Crippen molar-refractivity contribution in [2.75, 3.05) is 19.3 Å². The molecule has 0 aromatic carbocycles. The summed E-state index contributed by atoms with van der Waals surface area (Å²) in [6, 6.07) is -0.865. The van der Waals surface area contributed by atoms with E-state index in [0.29, 0.717) is 25.9 Å². The van der Waals surface area contributed by atoms with E-state index < -0.39 is 16.1 Å². The molecule has 2 amide bonds. The van der Waals surface area contributed by atoms with Crippen molar-refractivity contribution in [3.05, 3.63) is 0 Å². The van der Waals surface area contributed by atoms with Gasteiger partial charge >= 0.3 is 0 Å². The minimum atomic E-state index is -3.43. The highest BCUT2D eigenvalue weighted by Gasteiger charge is 2.48. The van der Waals surface area contributed by atoms with Crippen LogP contribution in [0.5, 0.6) is 0 Å². The Morgan fingerprint density at radius 3 is 2.50 bits per heavy atom. The number of hydrogen-bond acceptors (Lipinski definition) is 4. The molecule has 22 heavy (non-hydrogen) atoms. The number of nitrogens with one attached hydrogen (secondary N) is 1. The van der Waals surface area contributed by atoms with Crippen molar-refractivity contribution >= 4 is 21.8 Å². The third-order valence-corrected chi connectivity index (χ3v) is 5.50. The quantitative estimate of drug-likeness (QED) is 0.772. The molecule has 0 bridgehead atoms. The Kier molecular flexibility index (Phi) is 4.81. The molecule has 0 spiro atoms. The first-order valence-corrected chi connectivity index (χ1v) is 9.48. The second-order valence-electron chi connectivity index (χ2n) is 6.76. The first-order valence-electron chi connectivity index (χ1n) is 7.64. The lowest BCUT2D eigenvalue weighted by Gasteiger charge is -2.41. The van der Waals surface area contributed by atoms with Crippen LogP contribution < -0.4 is 5.32 Å². The van der Waals surface area contributed by atoms with E-state index in [0.717, 1.165) is 6.26 Å². The molecule has 0 aromatic heterocycles. The van der Waals surface area contributed by atoms with Gasteiger partial charge in [-0.3, -0.25) is 9.59 Å². The molecule has 1 N–H and O–H groups in total. The summed E-state index contributed by atoms with van der Waals surface area (Å²) in [6.07, 6.45) is 2.27. The molecule has 2 rings (SSSR count). The maximum Gasteiger partial charge on any atom is 0.241 e. The molecule has 3 atom stereocenters. The maximum atomic E-state index is 12.7. The number of carbonyl (C=O) groups excluding carboxylic acids is 2. The molecule has 2 aliphatic heterocycles. The molecule has 3 unspecified atom stereocenters. The molecule has 2 aliphatic rings. The Morgan fingerprint density at radius 2 is 2.00 bits per heavy atom. The van der Waals surface area contributed by atoms with Crippen LogP contribution in [0.15, 0.2) is 0 Å².